The van der Waals surface area contributed by atoms with Gasteiger partial charge in [-0.3, -0.25) is 4.79 Å². The minimum absolute atomic E-state index is 0.0335. The molecule has 0 spiro atoms. The van der Waals surface area contributed by atoms with Gasteiger partial charge in [0, 0.05) is 6.21 Å². The van der Waals surface area contributed by atoms with Gasteiger partial charge in [-0.05, 0) is 31.4 Å². The SMILES string of the molecule is CC(C)[NH2+]C=C(C=N)c1cccc(CCOCCC(=O)O)c1. The third kappa shape index (κ3) is 7.15. The Bertz CT molecular complexity index is 524. The van der Waals surface area contributed by atoms with Crippen LogP contribution in [0.1, 0.15) is 31.4 Å². The predicted octanol–water partition coefficient (Wildman–Crippen LogP) is 1.68. The maximum Gasteiger partial charge on any atom is 0.305 e. The van der Waals surface area contributed by atoms with Crippen molar-refractivity contribution in [1.29, 1.82) is 5.41 Å². The van der Waals surface area contributed by atoms with Crippen molar-refractivity contribution < 1.29 is 20.0 Å². The summed E-state index contributed by atoms with van der Waals surface area (Å²) < 4.78 is 5.31. The summed E-state index contributed by atoms with van der Waals surface area (Å²) in [5, 5.41) is 18.2. The number of hydrogen-bond donors (Lipinski definition) is 3. The molecule has 0 aliphatic rings. The van der Waals surface area contributed by atoms with Crippen LogP contribution in [-0.4, -0.2) is 36.5 Å². The molecule has 1 aromatic rings. The van der Waals surface area contributed by atoms with Gasteiger partial charge in [0.1, 0.15) is 6.20 Å². The Labute approximate surface area is 131 Å². The fourth-order valence-electron chi connectivity index (χ4n) is 1.88. The number of carbonyl (C=O) groups is 1. The number of carboxylic acids is 1. The average molecular weight is 305 g/mol. The van der Waals surface area contributed by atoms with E-state index >= 15 is 0 Å². The normalized spacial score (nSPS) is 11.7. The summed E-state index contributed by atoms with van der Waals surface area (Å²) in [5.74, 6) is -0.843. The van der Waals surface area contributed by atoms with Gasteiger partial charge in [0.15, 0.2) is 0 Å². The van der Waals surface area contributed by atoms with Crippen LogP contribution in [0, 0.1) is 5.41 Å². The first-order chi connectivity index (χ1) is 10.5. The van der Waals surface area contributed by atoms with E-state index in [0.717, 1.165) is 23.1 Å². The van der Waals surface area contributed by atoms with Gasteiger partial charge >= 0.3 is 5.97 Å². The predicted molar refractivity (Wildman–Crippen MR) is 87.0 cm³/mol. The van der Waals surface area contributed by atoms with E-state index in [4.69, 9.17) is 15.3 Å². The highest BCUT2D eigenvalue weighted by Gasteiger charge is 2.04. The van der Waals surface area contributed by atoms with Crippen molar-refractivity contribution in [3.05, 3.63) is 41.6 Å². The number of carboxylic acid groups (broad SMARTS) is 1. The van der Waals surface area contributed by atoms with Crippen LogP contribution in [0.25, 0.3) is 5.57 Å². The second-order valence-electron chi connectivity index (χ2n) is 5.41. The molecule has 0 aliphatic carbocycles. The minimum Gasteiger partial charge on any atom is -0.481 e. The summed E-state index contributed by atoms with van der Waals surface area (Å²) in [7, 11) is 0. The van der Waals surface area contributed by atoms with Crippen LogP contribution in [0.15, 0.2) is 30.5 Å². The number of rotatable bonds is 10. The molecule has 1 rings (SSSR count). The van der Waals surface area contributed by atoms with Crippen molar-refractivity contribution in [3.63, 3.8) is 0 Å². The number of hydrogen-bond acceptors (Lipinski definition) is 3. The van der Waals surface area contributed by atoms with Gasteiger partial charge in [-0.1, -0.05) is 24.3 Å². The zero-order valence-corrected chi connectivity index (χ0v) is 13.2. The molecule has 0 aliphatic heterocycles. The fraction of sp³-hybridized carbons (Fsp3) is 0.412. The molecule has 120 valence electrons. The Balaban J connectivity index is 2.59. The highest BCUT2D eigenvalue weighted by atomic mass is 16.5. The molecule has 0 heterocycles. The third-order valence-electron chi connectivity index (χ3n) is 3.07. The average Bonchev–Trinajstić information content (AvgIpc) is 2.47. The number of nitrogens with two attached hydrogens (primary N) is 1. The van der Waals surface area contributed by atoms with E-state index in [1.54, 1.807) is 0 Å². The molecule has 0 radical (unpaired) electrons. The van der Waals surface area contributed by atoms with Gasteiger partial charge in [-0.15, -0.1) is 0 Å². The van der Waals surface area contributed by atoms with Gasteiger partial charge in [-0.25, -0.2) is 0 Å². The topological polar surface area (TPSA) is 87.0 Å². The maximum atomic E-state index is 10.4. The van der Waals surface area contributed by atoms with E-state index in [1.807, 2.05) is 30.5 Å². The van der Waals surface area contributed by atoms with E-state index in [9.17, 15) is 4.79 Å². The van der Waals surface area contributed by atoms with Crippen LogP contribution in [0.5, 0.6) is 0 Å². The molecule has 0 aromatic heterocycles. The molecule has 0 saturated carbocycles. The number of nitrogens with one attached hydrogen (secondary N) is 1. The molecular weight excluding hydrogens is 280 g/mol. The molecule has 22 heavy (non-hydrogen) atoms. The first-order valence-corrected chi connectivity index (χ1v) is 7.47. The molecule has 0 saturated heterocycles. The number of ether oxygens (including phenoxy) is 1. The molecule has 1 aromatic carbocycles. The Hall–Kier alpha value is -1.98. The summed E-state index contributed by atoms with van der Waals surface area (Å²) in [6, 6.07) is 8.46. The highest BCUT2D eigenvalue weighted by molar-refractivity contribution is 6.07. The standard InChI is InChI=1S/C17H24N2O3/c1-13(2)19-12-16(11-18)15-5-3-4-14(10-15)6-8-22-9-7-17(20)21/h3-5,10-13,18-19H,6-9H2,1-2H3,(H,20,21)/p+1. The van der Waals surface area contributed by atoms with E-state index in [0.29, 0.717) is 12.6 Å². The number of benzene rings is 1. The molecule has 4 N–H and O–H groups in total. The van der Waals surface area contributed by atoms with Crippen LogP contribution >= 0.6 is 0 Å². The third-order valence-corrected chi connectivity index (χ3v) is 3.07. The Morgan fingerprint density at radius 2 is 2.18 bits per heavy atom. The van der Waals surface area contributed by atoms with Gasteiger partial charge in [-0.2, -0.15) is 0 Å². The van der Waals surface area contributed by atoms with Crippen molar-refractivity contribution >= 4 is 17.8 Å². The first-order valence-electron chi connectivity index (χ1n) is 7.47. The fourth-order valence-corrected chi connectivity index (χ4v) is 1.88. The molecule has 0 bridgehead atoms. The summed E-state index contributed by atoms with van der Waals surface area (Å²) >= 11 is 0. The van der Waals surface area contributed by atoms with E-state index in [2.05, 4.69) is 19.2 Å². The molecule has 0 atom stereocenters. The van der Waals surface area contributed by atoms with Crippen molar-refractivity contribution in [2.45, 2.75) is 32.7 Å². The first kappa shape index (κ1) is 18.1. The lowest BCUT2D eigenvalue weighted by Crippen LogP contribution is -2.83. The van der Waals surface area contributed by atoms with Crippen molar-refractivity contribution in [2.75, 3.05) is 13.2 Å². The minimum atomic E-state index is -0.843. The van der Waals surface area contributed by atoms with E-state index < -0.39 is 5.97 Å². The lowest BCUT2D eigenvalue weighted by molar-refractivity contribution is -0.618. The zero-order chi connectivity index (χ0) is 16.4. The maximum absolute atomic E-state index is 10.4. The molecule has 5 nitrogen and oxygen atoms in total. The molecular formula is C17H25N2O3+. The van der Waals surface area contributed by atoms with Crippen LogP contribution in [0.2, 0.25) is 0 Å². The van der Waals surface area contributed by atoms with Crippen molar-refractivity contribution in [1.82, 2.24) is 0 Å². The lowest BCUT2D eigenvalue weighted by Gasteiger charge is -2.07. The smallest absolute Gasteiger partial charge is 0.305 e. The van der Waals surface area contributed by atoms with Crippen LogP contribution < -0.4 is 5.32 Å². The van der Waals surface area contributed by atoms with Gasteiger partial charge in [0.05, 0.1) is 31.2 Å². The largest absolute Gasteiger partial charge is 0.481 e. The summed E-state index contributed by atoms with van der Waals surface area (Å²) in [6.45, 7) is 4.94. The van der Waals surface area contributed by atoms with Crippen molar-refractivity contribution in [2.24, 2.45) is 0 Å². The van der Waals surface area contributed by atoms with Crippen LogP contribution in [0.4, 0.5) is 0 Å². The lowest BCUT2D eigenvalue weighted by atomic mass is 10.0. The van der Waals surface area contributed by atoms with E-state index in [-0.39, 0.29) is 13.0 Å². The number of allylic oxidation sites excluding steroid dienone is 1. The van der Waals surface area contributed by atoms with Gasteiger partial charge in [0.25, 0.3) is 0 Å². The Morgan fingerprint density at radius 3 is 2.82 bits per heavy atom. The Kier molecular flexibility index (Phi) is 8.10. The van der Waals surface area contributed by atoms with E-state index in [1.165, 1.54) is 6.21 Å². The van der Waals surface area contributed by atoms with Crippen LogP contribution in [-0.2, 0) is 16.0 Å². The number of quaternary nitrogens is 1. The van der Waals surface area contributed by atoms with Crippen molar-refractivity contribution in [3.8, 4) is 0 Å². The molecule has 0 fully saturated rings. The molecule has 0 amide bonds. The molecule has 0 unspecified atom stereocenters. The Morgan fingerprint density at radius 1 is 1.41 bits per heavy atom. The summed E-state index contributed by atoms with van der Waals surface area (Å²) in [4.78, 5) is 10.4. The van der Waals surface area contributed by atoms with Crippen LogP contribution in [0.3, 0.4) is 0 Å². The highest BCUT2D eigenvalue weighted by Crippen LogP contribution is 2.13. The second-order valence-corrected chi connectivity index (χ2v) is 5.41. The van der Waals surface area contributed by atoms with Gasteiger partial charge < -0.3 is 20.6 Å². The summed E-state index contributed by atoms with van der Waals surface area (Å²) in [6.07, 6.45) is 4.10. The summed E-state index contributed by atoms with van der Waals surface area (Å²) in [5.41, 5.74) is 3.00. The molecule has 5 heteroatoms. The monoisotopic (exact) mass is 305 g/mol. The zero-order valence-electron chi connectivity index (χ0n) is 13.2. The van der Waals surface area contributed by atoms with Gasteiger partial charge in [0.2, 0.25) is 0 Å². The second kappa shape index (κ2) is 9.87. The quantitative estimate of drug-likeness (QED) is 0.454. The number of aliphatic carboxylic acids is 1.